The molecule has 1 aliphatic rings. The monoisotopic (exact) mass is 535 g/mol. The minimum Gasteiger partial charge on any atom is -0.493 e. The van der Waals surface area contributed by atoms with E-state index in [4.69, 9.17) is 21.3 Å². The third-order valence-corrected chi connectivity index (χ3v) is 7.73. The zero-order valence-corrected chi connectivity index (χ0v) is 22.1. The van der Waals surface area contributed by atoms with E-state index in [0.29, 0.717) is 52.8 Å². The molecular weight excluding hydrogens is 510 g/mol. The molecule has 8 nitrogen and oxygen atoms in total. The fourth-order valence-electron chi connectivity index (χ4n) is 4.59. The molecule has 0 bridgehead atoms. The average molecular weight is 536 g/mol. The van der Waals surface area contributed by atoms with Gasteiger partial charge in [-0.2, -0.15) is 0 Å². The van der Waals surface area contributed by atoms with Crippen molar-refractivity contribution in [3.63, 3.8) is 0 Å². The van der Waals surface area contributed by atoms with E-state index in [1.807, 2.05) is 59.0 Å². The molecule has 4 heterocycles. The SMILES string of the molecule is COc1c(C(=O)N2CCC(c3nc(C)ccc3C(=O)Nc3ccc(-n4ccnc4)cc3)CC2)csc1Cl. The lowest BCUT2D eigenvalue weighted by Gasteiger charge is -2.32. The van der Waals surface area contributed by atoms with Gasteiger partial charge in [-0.1, -0.05) is 11.6 Å². The largest absolute Gasteiger partial charge is 0.493 e. The number of nitrogens with zero attached hydrogens (tertiary/aromatic N) is 4. The van der Waals surface area contributed by atoms with E-state index >= 15 is 0 Å². The number of aryl methyl sites for hydroxylation is 1. The van der Waals surface area contributed by atoms with Crippen LogP contribution in [0.15, 0.2) is 60.5 Å². The first-order valence-electron chi connectivity index (χ1n) is 11.9. The number of pyridine rings is 1. The molecule has 190 valence electrons. The molecule has 2 amide bonds. The Morgan fingerprint density at radius 2 is 1.86 bits per heavy atom. The number of thiophene rings is 1. The summed E-state index contributed by atoms with van der Waals surface area (Å²) in [5.41, 5.74) is 4.33. The van der Waals surface area contributed by atoms with Gasteiger partial charge in [-0.3, -0.25) is 14.6 Å². The molecule has 4 aromatic rings. The smallest absolute Gasteiger partial charge is 0.258 e. The number of piperidine rings is 1. The van der Waals surface area contributed by atoms with Crippen molar-refractivity contribution in [1.82, 2.24) is 19.4 Å². The molecule has 1 aliphatic heterocycles. The van der Waals surface area contributed by atoms with Gasteiger partial charge in [-0.05, 0) is 56.2 Å². The topological polar surface area (TPSA) is 89.4 Å². The Balaban J connectivity index is 1.28. The second-order valence-electron chi connectivity index (χ2n) is 8.88. The van der Waals surface area contributed by atoms with Gasteiger partial charge in [0.25, 0.3) is 11.8 Å². The Kier molecular flexibility index (Phi) is 7.25. The molecule has 0 unspecified atom stereocenters. The van der Waals surface area contributed by atoms with Crippen molar-refractivity contribution in [2.75, 3.05) is 25.5 Å². The molecule has 3 aromatic heterocycles. The lowest BCUT2D eigenvalue weighted by Crippen LogP contribution is -2.38. The number of benzene rings is 1. The number of carbonyl (C=O) groups is 2. The van der Waals surface area contributed by atoms with Crippen LogP contribution in [-0.4, -0.2) is 51.4 Å². The Morgan fingerprint density at radius 1 is 1.11 bits per heavy atom. The Hall–Kier alpha value is -3.69. The van der Waals surface area contributed by atoms with Crippen LogP contribution in [0.25, 0.3) is 5.69 Å². The van der Waals surface area contributed by atoms with Gasteiger partial charge in [0.15, 0.2) is 5.75 Å². The number of halogens is 1. The highest BCUT2D eigenvalue weighted by molar-refractivity contribution is 7.15. The maximum Gasteiger partial charge on any atom is 0.258 e. The standard InChI is InChI=1S/C27H26ClN5O3S/c1-17-3-8-21(26(34)31-19-4-6-20(7-5-19)33-14-11-29-16-33)23(30-17)18-9-12-32(13-10-18)27(35)22-15-37-25(28)24(22)36-2/h3-8,11,14-16,18H,9-10,12-13H2,1-2H3,(H,31,34). The van der Waals surface area contributed by atoms with Crippen molar-refractivity contribution >= 4 is 40.4 Å². The van der Waals surface area contributed by atoms with Crippen molar-refractivity contribution in [1.29, 1.82) is 0 Å². The first-order valence-corrected chi connectivity index (χ1v) is 13.2. The number of amides is 2. The first kappa shape index (κ1) is 25.0. The quantitative estimate of drug-likeness (QED) is 0.348. The minimum atomic E-state index is -0.200. The third kappa shape index (κ3) is 5.23. The number of likely N-dealkylation sites (tertiary alicyclic amines) is 1. The van der Waals surface area contributed by atoms with E-state index in [1.165, 1.54) is 18.4 Å². The first-order chi connectivity index (χ1) is 17.9. The molecule has 1 N–H and O–H groups in total. The number of imidazole rings is 1. The van der Waals surface area contributed by atoms with Gasteiger partial charge in [-0.15, -0.1) is 11.3 Å². The molecule has 0 radical (unpaired) electrons. The van der Waals surface area contributed by atoms with E-state index in [1.54, 1.807) is 17.9 Å². The highest BCUT2D eigenvalue weighted by Gasteiger charge is 2.30. The third-order valence-electron chi connectivity index (χ3n) is 6.54. The average Bonchev–Trinajstić information content (AvgIpc) is 3.58. The van der Waals surface area contributed by atoms with E-state index in [0.717, 1.165) is 17.1 Å². The predicted molar refractivity (Wildman–Crippen MR) is 144 cm³/mol. The summed E-state index contributed by atoms with van der Waals surface area (Å²) in [5, 5.41) is 4.74. The van der Waals surface area contributed by atoms with Crippen LogP contribution in [0.2, 0.25) is 4.34 Å². The second kappa shape index (κ2) is 10.7. The molecule has 5 rings (SSSR count). The highest BCUT2D eigenvalue weighted by Crippen LogP contribution is 2.37. The Bertz CT molecular complexity index is 1410. The summed E-state index contributed by atoms with van der Waals surface area (Å²) in [6.45, 7) is 3.05. The Morgan fingerprint density at radius 3 is 2.54 bits per heavy atom. The number of methoxy groups -OCH3 is 1. The number of rotatable bonds is 6. The summed E-state index contributed by atoms with van der Waals surface area (Å²) in [6.07, 6.45) is 6.73. The van der Waals surface area contributed by atoms with Gasteiger partial charge >= 0.3 is 0 Å². The maximum absolute atomic E-state index is 13.3. The zero-order chi connectivity index (χ0) is 25.9. The predicted octanol–water partition coefficient (Wildman–Crippen LogP) is 5.57. The summed E-state index contributed by atoms with van der Waals surface area (Å²) >= 11 is 7.44. The number of nitrogens with one attached hydrogen (secondary N) is 1. The minimum absolute atomic E-state index is 0.0706. The van der Waals surface area contributed by atoms with Crippen molar-refractivity contribution in [3.8, 4) is 11.4 Å². The van der Waals surface area contributed by atoms with Crippen molar-refractivity contribution in [2.45, 2.75) is 25.7 Å². The molecule has 0 aliphatic carbocycles. The highest BCUT2D eigenvalue weighted by atomic mass is 35.5. The summed E-state index contributed by atoms with van der Waals surface area (Å²) in [7, 11) is 1.51. The molecule has 0 saturated carbocycles. The molecular formula is C27H26ClN5O3S. The molecule has 1 fully saturated rings. The van der Waals surface area contributed by atoms with E-state index in [-0.39, 0.29) is 17.7 Å². The molecule has 0 atom stereocenters. The van der Waals surface area contributed by atoms with Gasteiger partial charge in [0.05, 0.1) is 30.3 Å². The summed E-state index contributed by atoms with van der Waals surface area (Å²) in [5.74, 6) is 0.208. The molecule has 37 heavy (non-hydrogen) atoms. The lowest BCUT2D eigenvalue weighted by molar-refractivity contribution is 0.0708. The summed E-state index contributed by atoms with van der Waals surface area (Å²) in [6, 6.07) is 11.3. The zero-order valence-electron chi connectivity index (χ0n) is 20.5. The number of hydrogen-bond acceptors (Lipinski definition) is 6. The fourth-order valence-corrected chi connectivity index (χ4v) is 5.64. The van der Waals surface area contributed by atoms with Gasteiger partial charge in [0.2, 0.25) is 0 Å². The molecule has 0 spiro atoms. The normalized spacial score (nSPS) is 14.0. The number of aromatic nitrogens is 3. The summed E-state index contributed by atoms with van der Waals surface area (Å²) < 4.78 is 7.69. The molecule has 1 saturated heterocycles. The van der Waals surface area contributed by atoms with Gasteiger partial charge < -0.3 is 19.5 Å². The van der Waals surface area contributed by atoms with Crippen LogP contribution in [0, 0.1) is 6.92 Å². The number of hydrogen-bond donors (Lipinski definition) is 1. The molecule has 10 heteroatoms. The van der Waals surface area contributed by atoms with Crippen LogP contribution in [0.4, 0.5) is 5.69 Å². The number of carbonyl (C=O) groups excluding carboxylic acids is 2. The van der Waals surface area contributed by atoms with Crippen molar-refractivity contribution in [3.05, 3.63) is 87.4 Å². The van der Waals surface area contributed by atoms with Crippen LogP contribution in [0.5, 0.6) is 5.75 Å². The van der Waals surface area contributed by atoms with Crippen molar-refractivity contribution in [2.24, 2.45) is 0 Å². The fraction of sp³-hybridized carbons (Fsp3) is 0.259. The Labute approximate surface area is 223 Å². The van der Waals surface area contributed by atoms with E-state index in [9.17, 15) is 9.59 Å². The second-order valence-corrected chi connectivity index (χ2v) is 10.4. The number of ether oxygens (including phenoxy) is 1. The van der Waals surface area contributed by atoms with Crippen LogP contribution in [-0.2, 0) is 0 Å². The number of anilines is 1. The molecule has 1 aromatic carbocycles. The van der Waals surface area contributed by atoms with Gasteiger partial charge in [-0.25, -0.2) is 4.98 Å². The van der Waals surface area contributed by atoms with Crippen LogP contribution >= 0.6 is 22.9 Å². The maximum atomic E-state index is 13.3. The van der Waals surface area contributed by atoms with Gasteiger partial charge in [0.1, 0.15) is 4.34 Å². The summed E-state index contributed by atoms with van der Waals surface area (Å²) in [4.78, 5) is 37.0. The van der Waals surface area contributed by atoms with Crippen LogP contribution in [0.1, 0.15) is 50.9 Å². The van der Waals surface area contributed by atoms with Gasteiger partial charge in [0, 0.05) is 53.8 Å². The lowest BCUT2D eigenvalue weighted by atomic mass is 9.89. The van der Waals surface area contributed by atoms with Crippen LogP contribution < -0.4 is 10.1 Å². The van der Waals surface area contributed by atoms with E-state index < -0.39 is 0 Å². The van der Waals surface area contributed by atoms with E-state index in [2.05, 4.69) is 10.3 Å². The van der Waals surface area contributed by atoms with Crippen molar-refractivity contribution < 1.29 is 14.3 Å². The van der Waals surface area contributed by atoms with Crippen LogP contribution in [0.3, 0.4) is 0 Å².